The lowest BCUT2D eigenvalue weighted by molar-refractivity contribution is 0.133. The molecule has 2 rings (SSSR count). The van der Waals surface area contributed by atoms with Crippen LogP contribution in [0.1, 0.15) is 18.3 Å². The van der Waals surface area contributed by atoms with Gasteiger partial charge in [-0.2, -0.15) is 0 Å². The maximum absolute atomic E-state index is 5.96. The molecule has 1 saturated heterocycles. The van der Waals surface area contributed by atoms with E-state index in [1.807, 2.05) is 19.1 Å². The molecule has 21 heavy (non-hydrogen) atoms. The molecular weight excluding hydrogens is 264 g/mol. The molecule has 0 aromatic carbocycles. The standard InChI is InChI=1S/C16H28N4O/c1-4-17-13-15-16(6-5-14(2)18-15)21-12-11-20-9-7-19(3)8-10-20/h5-6,17H,4,7-13H2,1-3H3. The first kappa shape index (κ1) is 16.2. The predicted octanol–water partition coefficient (Wildman–Crippen LogP) is 1.13. The summed E-state index contributed by atoms with van der Waals surface area (Å²) in [5.74, 6) is 0.913. The number of ether oxygens (including phenoxy) is 1. The number of nitrogens with zero attached hydrogens (tertiary/aromatic N) is 3. The van der Waals surface area contributed by atoms with E-state index in [4.69, 9.17) is 4.74 Å². The fourth-order valence-corrected chi connectivity index (χ4v) is 2.46. The first-order valence-electron chi connectivity index (χ1n) is 7.90. The van der Waals surface area contributed by atoms with E-state index in [2.05, 4.69) is 34.1 Å². The third kappa shape index (κ3) is 5.26. The van der Waals surface area contributed by atoms with Gasteiger partial charge >= 0.3 is 0 Å². The molecule has 1 aromatic rings. The smallest absolute Gasteiger partial charge is 0.142 e. The number of nitrogens with one attached hydrogen (secondary N) is 1. The average molecular weight is 292 g/mol. The molecule has 0 unspecified atom stereocenters. The third-order valence-corrected chi connectivity index (χ3v) is 3.88. The highest BCUT2D eigenvalue weighted by Gasteiger charge is 2.13. The number of aryl methyl sites for hydroxylation is 1. The highest BCUT2D eigenvalue weighted by Crippen LogP contribution is 2.17. The molecule has 2 heterocycles. The molecule has 1 N–H and O–H groups in total. The number of hydrogen-bond acceptors (Lipinski definition) is 5. The third-order valence-electron chi connectivity index (χ3n) is 3.88. The summed E-state index contributed by atoms with van der Waals surface area (Å²) in [6.45, 7) is 12.1. The van der Waals surface area contributed by atoms with Crippen LogP contribution in [0.3, 0.4) is 0 Å². The number of pyridine rings is 1. The van der Waals surface area contributed by atoms with E-state index in [1.54, 1.807) is 0 Å². The zero-order chi connectivity index (χ0) is 15.1. The van der Waals surface area contributed by atoms with E-state index in [1.165, 1.54) is 0 Å². The zero-order valence-electron chi connectivity index (χ0n) is 13.6. The maximum Gasteiger partial charge on any atom is 0.142 e. The van der Waals surface area contributed by atoms with Gasteiger partial charge in [-0.05, 0) is 32.6 Å². The Morgan fingerprint density at radius 2 is 2.00 bits per heavy atom. The molecule has 1 aromatic heterocycles. The molecule has 118 valence electrons. The number of hydrogen-bond donors (Lipinski definition) is 1. The number of rotatable bonds is 7. The van der Waals surface area contributed by atoms with Crippen molar-refractivity contribution in [2.24, 2.45) is 0 Å². The topological polar surface area (TPSA) is 40.6 Å². The van der Waals surface area contributed by atoms with Gasteiger partial charge in [0, 0.05) is 45.0 Å². The fraction of sp³-hybridized carbons (Fsp3) is 0.688. The van der Waals surface area contributed by atoms with Gasteiger partial charge in [0.1, 0.15) is 12.4 Å². The van der Waals surface area contributed by atoms with Gasteiger partial charge in [0.15, 0.2) is 0 Å². The van der Waals surface area contributed by atoms with Crippen molar-refractivity contribution in [2.75, 3.05) is 52.9 Å². The van der Waals surface area contributed by atoms with E-state index >= 15 is 0 Å². The van der Waals surface area contributed by atoms with Crippen molar-refractivity contribution >= 4 is 0 Å². The van der Waals surface area contributed by atoms with Crippen LogP contribution in [0.15, 0.2) is 12.1 Å². The average Bonchev–Trinajstić information content (AvgIpc) is 2.49. The number of likely N-dealkylation sites (N-methyl/N-ethyl adjacent to an activating group) is 1. The Bertz CT molecular complexity index is 430. The van der Waals surface area contributed by atoms with Crippen molar-refractivity contribution in [3.05, 3.63) is 23.5 Å². The molecule has 0 saturated carbocycles. The van der Waals surface area contributed by atoms with Gasteiger partial charge in [-0.1, -0.05) is 6.92 Å². The molecule has 5 heteroatoms. The molecular formula is C16H28N4O. The van der Waals surface area contributed by atoms with Crippen molar-refractivity contribution in [1.29, 1.82) is 0 Å². The lowest BCUT2D eigenvalue weighted by Crippen LogP contribution is -2.45. The first-order chi connectivity index (χ1) is 10.2. The van der Waals surface area contributed by atoms with Gasteiger partial charge in [-0.25, -0.2) is 0 Å². The molecule has 0 aliphatic carbocycles. The normalized spacial score (nSPS) is 17.1. The Morgan fingerprint density at radius 3 is 2.71 bits per heavy atom. The van der Waals surface area contributed by atoms with Crippen molar-refractivity contribution in [1.82, 2.24) is 20.1 Å². The van der Waals surface area contributed by atoms with E-state index in [0.717, 1.165) is 69.6 Å². The van der Waals surface area contributed by atoms with Crippen molar-refractivity contribution < 1.29 is 4.74 Å². The second-order valence-electron chi connectivity index (χ2n) is 5.67. The lowest BCUT2D eigenvalue weighted by atomic mass is 10.3. The van der Waals surface area contributed by atoms with Crippen LogP contribution in [0.5, 0.6) is 5.75 Å². The van der Waals surface area contributed by atoms with E-state index in [0.29, 0.717) is 0 Å². The Labute approximate surface area is 128 Å². The molecule has 0 atom stereocenters. The van der Waals surface area contributed by atoms with Crippen LogP contribution < -0.4 is 10.1 Å². The van der Waals surface area contributed by atoms with Crippen molar-refractivity contribution in [3.63, 3.8) is 0 Å². The SMILES string of the molecule is CCNCc1nc(C)ccc1OCCN1CCN(C)CC1. The fourth-order valence-electron chi connectivity index (χ4n) is 2.46. The van der Waals surface area contributed by atoms with Crippen LogP contribution in [-0.4, -0.2) is 67.7 Å². The van der Waals surface area contributed by atoms with E-state index < -0.39 is 0 Å². The summed E-state index contributed by atoms with van der Waals surface area (Å²) in [6.07, 6.45) is 0. The summed E-state index contributed by atoms with van der Waals surface area (Å²) in [4.78, 5) is 9.41. The molecule has 0 amide bonds. The second kappa shape index (κ2) is 8.32. The Morgan fingerprint density at radius 1 is 1.24 bits per heavy atom. The van der Waals surface area contributed by atoms with Crippen LogP contribution in [-0.2, 0) is 6.54 Å². The summed E-state index contributed by atoms with van der Waals surface area (Å²) in [6, 6.07) is 4.06. The molecule has 5 nitrogen and oxygen atoms in total. The number of piperazine rings is 1. The minimum Gasteiger partial charge on any atom is -0.490 e. The highest BCUT2D eigenvalue weighted by molar-refractivity contribution is 5.29. The lowest BCUT2D eigenvalue weighted by Gasteiger charge is -2.32. The van der Waals surface area contributed by atoms with Crippen molar-refractivity contribution in [3.8, 4) is 5.75 Å². The highest BCUT2D eigenvalue weighted by atomic mass is 16.5. The van der Waals surface area contributed by atoms with Crippen LogP contribution in [0.4, 0.5) is 0 Å². The summed E-state index contributed by atoms with van der Waals surface area (Å²) in [5.41, 5.74) is 2.05. The van der Waals surface area contributed by atoms with Crippen LogP contribution in [0.25, 0.3) is 0 Å². The molecule has 0 radical (unpaired) electrons. The zero-order valence-corrected chi connectivity index (χ0v) is 13.6. The second-order valence-corrected chi connectivity index (χ2v) is 5.67. The first-order valence-corrected chi connectivity index (χ1v) is 7.90. The van der Waals surface area contributed by atoms with Gasteiger partial charge < -0.3 is 15.0 Å². The largest absolute Gasteiger partial charge is 0.490 e. The molecule has 1 aliphatic rings. The molecule has 1 fully saturated rings. The van der Waals surface area contributed by atoms with Gasteiger partial charge in [-0.3, -0.25) is 9.88 Å². The van der Waals surface area contributed by atoms with E-state index in [9.17, 15) is 0 Å². The summed E-state index contributed by atoms with van der Waals surface area (Å²) in [5, 5.41) is 3.32. The van der Waals surface area contributed by atoms with Crippen LogP contribution in [0, 0.1) is 6.92 Å². The Kier molecular flexibility index (Phi) is 6.42. The minimum atomic E-state index is 0.730. The molecule has 0 spiro atoms. The van der Waals surface area contributed by atoms with Crippen LogP contribution in [0.2, 0.25) is 0 Å². The van der Waals surface area contributed by atoms with Gasteiger partial charge in [0.2, 0.25) is 0 Å². The Balaban J connectivity index is 1.81. The van der Waals surface area contributed by atoms with Crippen LogP contribution >= 0.6 is 0 Å². The summed E-state index contributed by atoms with van der Waals surface area (Å²) >= 11 is 0. The minimum absolute atomic E-state index is 0.730. The van der Waals surface area contributed by atoms with Gasteiger partial charge in [-0.15, -0.1) is 0 Å². The maximum atomic E-state index is 5.96. The van der Waals surface area contributed by atoms with Gasteiger partial charge in [0.25, 0.3) is 0 Å². The molecule has 0 bridgehead atoms. The predicted molar refractivity (Wildman–Crippen MR) is 85.8 cm³/mol. The van der Waals surface area contributed by atoms with Gasteiger partial charge in [0.05, 0.1) is 5.69 Å². The number of aromatic nitrogens is 1. The Hall–Kier alpha value is -1.17. The van der Waals surface area contributed by atoms with Crippen molar-refractivity contribution in [2.45, 2.75) is 20.4 Å². The van der Waals surface area contributed by atoms with E-state index in [-0.39, 0.29) is 0 Å². The summed E-state index contributed by atoms with van der Waals surface area (Å²) < 4.78 is 5.96. The molecule has 1 aliphatic heterocycles. The monoisotopic (exact) mass is 292 g/mol. The summed E-state index contributed by atoms with van der Waals surface area (Å²) in [7, 11) is 2.18. The quantitative estimate of drug-likeness (QED) is 0.816.